The molecule has 5 heteroatoms. The van der Waals surface area contributed by atoms with E-state index < -0.39 is 0 Å². The molecule has 1 aliphatic carbocycles. The molecule has 1 aliphatic heterocycles. The Morgan fingerprint density at radius 3 is 3.11 bits per heavy atom. The first-order valence-electron chi connectivity index (χ1n) is 6.87. The maximum absolute atomic E-state index is 12.4. The second-order valence-corrected chi connectivity index (χ2v) is 7.02. The molecule has 0 radical (unpaired) electrons. The van der Waals surface area contributed by atoms with Crippen LogP contribution in [0, 0.1) is 0 Å². The van der Waals surface area contributed by atoms with Gasteiger partial charge in [-0.1, -0.05) is 12.8 Å². The quantitative estimate of drug-likeness (QED) is 0.788. The summed E-state index contributed by atoms with van der Waals surface area (Å²) in [7, 11) is 0. The van der Waals surface area contributed by atoms with Crippen LogP contribution in [0.4, 0.5) is 0 Å². The molecule has 0 amide bonds. The Bertz CT molecular complexity index is 460. The molecule has 19 heavy (non-hydrogen) atoms. The van der Waals surface area contributed by atoms with Gasteiger partial charge in [-0.2, -0.15) is 0 Å². The Hall–Kier alpha value is -0.230. The van der Waals surface area contributed by atoms with E-state index in [1.165, 1.54) is 30.6 Å². The Balaban J connectivity index is 1.68. The minimum absolute atomic E-state index is 0.230. The van der Waals surface area contributed by atoms with Crippen LogP contribution in [0.5, 0.6) is 0 Å². The number of carbonyl (C=O) groups is 1. The van der Waals surface area contributed by atoms with Gasteiger partial charge in [0.2, 0.25) is 0 Å². The van der Waals surface area contributed by atoms with E-state index in [0.29, 0.717) is 18.7 Å². The van der Waals surface area contributed by atoms with Gasteiger partial charge in [0.05, 0.1) is 24.1 Å². The van der Waals surface area contributed by atoms with Crippen molar-refractivity contribution >= 4 is 33.0 Å². The van der Waals surface area contributed by atoms with E-state index in [9.17, 15) is 4.79 Å². The second-order valence-electron chi connectivity index (χ2n) is 5.25. The van der Waals surface area contributed by atoms with E-state index in [-0.39, 0.29) is 5.78 Å². The maximum Gasteiger partial charge on any atom is 0.187 e. The number of hydrogen-bond donors (Lipinski definition) is 0. The maximum atomic E-state index is 12.4. The van der Waals surface area contributed by atoms with Crippen molar-refractivity contribution in [2.24, 2.45) is 0 Å². The van der Waals surface area contributed by atoms with Crippen LogP contribution in [-0.2, 0) is 4.74 Å². The molecular weight excluding hydrogens is 326 g/mol. The predicted molar refractivity (Wildman–Crippen MR) is 79.9 cm³/mol. The molecule has 1 saturated carbocycles. The van der Waals surface area contributed by atoms with E-state index in [1.54, 1.807) is 0 Å². The van der Waals surface area contributed by atoms with Crippen molar-refractivity contribution in [1.82, 2.24) is 4.90 Å². The molecule has 1 saturated heterocycles. The third-order valence-electron chi connectivity index (χ3n) is 4.06. The highest BCUT2D eigenvalue weighted by Crippen LogP contribution is 2.29. The van der Waals surface area contributed by atoms with Gasteiger partial charge < -0.3 is 4.74 Å². The lowest BCUT2D eigenvalue weighted by atomic mass is 9.90. The van der Waals surface area contributed by atoms with Gasteiger partial charge in [-0.3, -0.25) is 9.69 Å². The number of thiophene rings is 1. The van der Waals surface area contributed by atoms with Gasteiger partial charge in [0, 0.05) is 17.1 Å². The summed E-state index contributed by atoms with van der Waals surface area (Å²) in [5.41, 5.74) is 0. The summed E-state index contributed by atoms with van der Waals surface area (Å²) in [5, 5.41) is 1.96. The smallest absolute Gasteiger partial charge is 0.187 e. The molecule has 3 rings (SSSR count). The molecule has 0 aromatic carbocycles. The largest absolute Gasteiger partial charge is 0.375 e. The number of Topliss-reactive ketones (excluding diaryl/α,β-unsaturated/α-hetero) is 1. The summed E-state index contributed by atoms with van der Waals surface area (Å²) in [6.45, 7) is 2.18. The number of ketones is 1. The van der Waals surface area contributed by atoms with Crippen molar-refractivity contribution in [3.05, 3.63) is 20.8 Å². The van der Waals surface area contributed by atoms with Crippen LogP contribution in [0.1, 0.15) is 35.4 Å². The molecule has 104 valence electrons. The van der Waals surface area contributed by atoms with Crippen LogP contribution in [0.2, 0.25) is 0 Å². The molecule has 0 spiro atoms. The number of ether oxygens (including phenoxy) is 1. The van der Waals surface area contributed by atoms with Crippen LogP contribution >= 0.6 is 27.3 Å². The summed E-state index contributed by atoms with van der Waals surface area (Å²) in [6, 6.07) is 2.39. The van der Waals surface area contributed by atoms with Crippen molar-refractivity contribution < 1.29 is 9.53 Å². The fourth-order valence-electron chi connectivity index (χ4n) is 3.12. The van der Waals surface area contributed by atoms with Gasteiger partial charge in [0.15, 0.2) is 5.78 Å². The Kier molecular flexibility index (Phi) is 4.37. The molecule has 2 fully saturated rings. The first-order chi connectivity index (χ1) is 9.25. The summed E-state index contributed by atoms with van der Waals surface area (Å²) in [4.78, 5) is 15.5. The van der Waals surface area contributed by atoms with Crippen molar-refractivity contribution in [2.75, 3.05) is 19.7 Å². The van der Waals surface area contributed by atoms with Gasteiger partial charge in [-0.05, 0) is 40.2 Å². The lowest BCUT2D eigenvalue weighted by Gasteiger charge is -2.43. The van der Waals surface area contributed by atoms with E-state index in [2.05, 4.69) is 20.8 Å². The van der Waals surface area contributed by atoms with Gasteiger partial charge in [0.25, 0.3) is 0 Å². The van der Waals surface area contributed by atoms with Crippen LogP contribution in [0.25, 0.3) is 0 Å². The van der Waals surface area contributed by atoms with E-state index in [4.69, 9.17) is 4.74 Å². The molecule has 0 N–H and O–H groups in total. The number of carbonyl (C=O) groups excluding carboxylic acids is 1. The zero-order valence-corrected chi connectivity index (χ0v) is 13.2. The van der Waals surface area contributed by atoms with Crippen LogP contribution in [-0.4, -0.2) is 42.5 Å². The van der Waals surface area contributed by atoms with Gasteiger partial charge >= 0.3 is 0 Å². The van der Waals surface area contributed by atoms with Crippen LogP contribution in [0.15, 0.2) is 15.9 Å². The average Bonchev–Trinajstić information content (AvgIpc) is 2.85. The Morgan fingerprint density at radius 1 is 1.47 bits per heavy atom. The van der Waals surface area contributed by atoms with E-state index in [0.717, 1.165) is 28.9 Å². The number of morpholine rings is 1. The minimum atomic E-state index is 0.230. The summed E-state index contributed by atoms with van der Waals surface area (Å²) in [6.07, 6.45) is 5.20. The third kappa shape index (κ3) is 2.94. The SMILES string of the molecule is O=C(CN1CCOC2CCCCC21)c1sccc1Br. The summed E-state index contributed by atoms with van der Waals surface area (Å²) in [5.74, 6) is 0.230. The Labute approximate surface area is 126 Å². The normalized spacial score (nSPS) is 28.1. The fourth-order valence-corrected chi connectivity index (χ4v) is 4.65. The average molecular weight is 344 g/mol. The third-order valence-corrected chi connectivity index (χ3v) is 5.94. The minimum Gasteiger partial charge on any atom is -0.375 e. The van der Waals surface area contributed by atoms with Crippen molar-refractivity contribution in [2.45, 2.75) is 37.8 Å². The zero-order valence-electron chi connectivity index (χ0n) is 10.8. The number of rotatable bonds is 3. The van der Waals surface area contributed by atoms with Crippen molar-refractivity contribution in [1.29, 1.82) is 0 Å². The molecular formula is C14H18BrNO2S. The molecule has 2 heterocycles. The first kappa shape index (κ1) is 13.7. The number of halogens is 1. The lowest BCUT2D eigenvalue weighted by molar-refractivity contribution is -0.0846. The summed E-state index contributed by atoms with van der Waals surface area (Å²) >= 11 is 4.97. The molecule has 0 bridgehead atoms. The molecule has 3 nitrogen and oxygen atoms in total. The van der Waals surface area contributed by atoms with Crippen molar-refractivity contribution in [3.8, 4) is 0 Å². The molecule has 1 aromatic rings. The standard InChI is InChI=1S/C14H18BrNO2S/c15-10-5-8-19-14(10)12(17)9-16-6-7-18-13-4-2-1-3-11(13)16/h5,8,11,13H,1-4,6-7,9H2. The zero-order chi connectivity index (χ0) is 13.2. The van der Waals surface area contributed by atoms with E-state index >= 15 is 0 Å². The number of nitrogens with zero attached hydrogens (tertiary/aromatic N) is 1. The molecule has 1 aromatic heterocycles. The highest BCUT2D eigenvalue weighted by atomic mass is 79.9. The first-order valence-corrected chi connectivity index (χ1v) is 8.55. The highest BCUT2D eigenvalue weighted by Gasteiger charge is 2.35. The van der Waals surface area contributed by atoms with Gasteiger partial charge in [0.1, 0.15) is 0 Å². The predicted octanol–water partition coefficient (Wildman–Crippen LogP) is 3.34. The lowest BCUT2D eigenvalue weighted by Crippen LogP contribution is -2.53. The topological polar surface area (TPSA) is 29.5 Å². The molecule has 2 aliphatic rings. The van der Waals surface area contributed by atoms with Gasteiger partial charge in [-0.25, -0.2) is 0 Å². The van der Waals surface area contributed by atoms with Crippen molar-refractivity contribution in [3.63, 3.8) is 0 Å². The summed E-state index contributed by atoms with van der Waals surface area (Å²) < 4.78 is 6.78. The van der Waals surface area contributed by atoms with Crippen LogP contribution in [0.3, 0.4) is 0 Å². The van der Waals surface area contributed by atoms with Gasteiger partial charge in [-0.15, -0.1) is 11.3 Å². The monoisotopic (exact) mass is 343 g/mol. The second kappa shape index (κ2) is 6.04. The van der Waals surface area contributed by atoms with Crippen LogP contribution < -0.4 is 0 Å². The number of fused-ring (bicyclic) bond motifs is 1. The number of hydrogen-bond acceptors (Lipinski definition) is 4. The highest BCUT2D eigenvalue weighted by molar-refractivity contribution is 9.10. The van der Waals surface area contributed by atoms with E-state index in [1.807, 2.05) is 11.4 Å². The fraction of sp³-hybridized carbons (Fsp3) is 0.643. The molecule has 2 atom stereocenters. The molecule has 2 unspecified atom stereocenters. The Morgan fingerprint density at radius 2 is 2.32 bits per heavy atom.